The molecule has 2 aliphatic heterocycles. The van der Waals surface area contributed by atoms with E-state index >= 15 is 0 Å². The second-order valence-electron chi connectivity index (χ2n) is 7.09. The fourth-order valence-electron chi connectivity index (χ4n) is 4.11. The van der Waals surface area contributed by atoms with Crippen LogP contribution in [0.25, 0.3) is 0 Å². The summed E-state index contributed by atoms with van der Waals surface area (Å²) in [5.74, 6) is 0.518. The lowest BCUT2D eigenvalue weighted by molar-refractivity contribution is -0.915. The van der Waals surface area contributed by atoms with E-state index in [4.69, 9.17) is 16.3 Å². The number of benzene rings is 2. The number of methoxy groups -OCH3 is 1. The average molecular weight is 401 g/mol. The van der Waals surface area contributed by atoms with Gasteiger partial charge in [-0.3, -0.25) is 9.59 Å². The van der Waals surface area contributed by atoms with Crippen molar-refractivity contribution in [2.45, 2.75) is 12.5 Å². The Kier molecular flexibility index (Phi) is 5.24. The topological polar surface area (TPSA) is 54.3 Å². The van der Waals surface area contributed by atoms with Crippen LogP contribution in [0.15, 0.2) is 48.5 Å². The Balaban J connectivity index is 1.46. The Labute approximate surface area is 169 Å². The molecule has 28 heavy (non-hydrogen) atoms. The number of nitrogens with zero attached hydrogens (tertiary/aromatic N) is 2. The number of halogens is 1. The molecule has 2 aromatic carbocycles. The fraction of sp³-hybridized carbons (Fsp3) is 0.333. The van der Waals surface area contributed by atoms with Gasteiger partial charge in [-0.05, 0) is 24.3 Å². The minimum Gasteiger partial charge on any atom is -0.495 e. The molecule has 0 aromatic heterocycles. The molecule has 0 unspecified atom stereocenters. The minimum atomic E-state index is -0.344. The van der Waals surface area contributed by atoms with Gasteiger partial charge >= 0.3 is 0 Å². The van der Waals surface area contributed by atoms with E-state index < -0.39 is 0 Å². The molecular formula is C21H23ClN3O3+. The summed E-state index contributed by atoms with van der Waals surface area (Å²) in [6, 6.07) is 14.6. The zero-order valence-corrected chi connectivity index (χ0v) is 16.5. The number of nitrogens with one attached hydrogen (secondary N) is 1. The average Bonchev–Trinajstić information content (AvgIpc) is 3.02. The summed E-state index contributed by atoms with van der Waals surface area (Å²) in [5.41, 5.74) is 1.55. The molecule has 2 aliphatic rings. The Hall–Kier alpha value is -2.57. The predicted octanol–water partition coefficient (Wildman–Crippen LogP) is 1.39. The first-order valence-corrected chi connectivity index (χ1v) is 9.82. The van der Waals surface area contributed by atoms with E-state index in [1.54, 1.807) is 31.4 Å². The van der Waals surface area contributed by atoms with Crippen LogP contribution >= 0.6 is 11.6 Å². The van der Waals surface area contributed by atoms with Crippen LogP contribution in [0.2, 0.25) is 5.02 Å². The lowest BCUT2D eigenvalue weighted by atomic mass is 10.1. The van der Waals surface area contributed by atoms with Crippen LogP contribution in [-0.4, -0.2) is 51.1 Å². The van der Waals surface area contributed by atoms with E-state index in [-0.39, 0.29) is 24.3 Å². The Morgan fingerprint density at radius 3 is 2.32 bits per heavy atom. The molecule has 2 aromatic rings. The summed E-state index contributed by atoms with van der Waals surface area (Å²) in [7, 11) is 1.67. The second-order valence-corrected chi connectivity index (χ2v) is 7.50. The third kappa shape index (κ3) is 3.34. The van der Waals surface area contributed by atoms with Crippen LogP contribution in [0, 0.1) is 0 Å². The van der Waals surface area contributed by atoms with Crippen molar-refractivity contribution in [3.8, 4) is 5.75 Å². The number of imide groups is 1. The lowest BCUT2D eigenvalue weighted by Crippen LogP contribution is -3.19. The van der Waals surface area contributed by atoms with Crippen molar-refractivity contribution in [1.82, 2.24) is 0 Å². The Morgan fingerprint density at radius 2 is 1.64 bits per heavy atom. The van der Waals surface area contributed by atoms with Gasteiger partial charge in [0.05, 0.1) is 56.1 Å². The molecule has 2 heterocycles. The molecule has 0 radical (unpaired) electrons. The number of rotatable bonds is 4. The van der Waals surface area contributed by atoms with Crippen LogP contribution in [0.1, 0.15) is 6.42 Å². The molecule has 0 saturated carbocycles. The van der Waals surface area contributed by atoms with Crippen molar-refractivity contribution in [2.24, 2.45) is 0 Å². The first-order chi connectivity index (χ1) is 13.6. The number of hydrogen-bond acceptors (Lipinski definition) is 4. The maximum atomic E-state index is 13.0. The van der Waals surface area contributed by atoms with Crippen molar-refractivity contribution in [2.75, 3.05) is 43.1 Å². The smallest absolute Gasteiger partial charge is 0.292 e. The van der Waals surface area contributed by atoms with Gasteiger partial charge in [0.25, 0.3) is 5.91 Å². The molecule has 2 fully saturated rings. The molecule has 1 N–H and O–H groups in total. The molecular weight excluding hydrogens is 378 g/mol. The number of carbonyl (C=O) groups is 2. The zero-order chi connectivity index (χ0) is 19.7. The van der Waals surface area contributed by atoms with E-state index in [0.29, 0.717) is 10.7 Å². The van der Waals surface area contributed by atoms with Crippen LogP contribution in [0.4, 0.5) is 11.4 Å². The van der Waals surface area contributed by atoms with Gasteiger partial charge in [-0.25, -0.2) is 4.90 Å². The molecule has 2 saturated heterocycles. The predicted molar refractivity (Wildman–Crippen MR) is 108 cm³/mol. The molecule has 1 atom stereocenters. The first-order valence-electron chi connectivity index (χ1n) is 9.44. The summed E-state index contributed by atoms with van der Waals surface area (Å²) in [6.45, 7) is 3.19. The van der Waals surface area contributed by atoms with Gasteiger partial charge in [0.1, 0.15) is 5.75 Å². The zero-order valence-electron chi connectivity index (χ0n) is 15.7. The molecule has 0 bridgehead atoms. The van der Waals surface area contributed by atoms with Crippen molar-refractivity contribution in [3.05, 3.63) is 53.6 Å². The maximum Gasteiger partial charge on any atom is 0.292 e. The van der Waals surface area contributed by atoms with Gasteiger partial charge in [0.2, 0.25) is 5.91 Å². The number of hydrogen-bond donors (Lipinski definition) is 1. The van der Waals surface area contributed by atoms with Crippen LogP contribution in [0.3, 0.4) is 0 Å². The van der Waals surface area contributed by atoms with Crippen molar-refractivity contribution >= 4 is 34.8 Å². The van der Waals surface area contributed by atoms with Gasteiger partial charge < -0.3 is 14.5 Å². The number of ether oxygens (including phenoxy) is 1. The quantitative estimate of drug-likeness (QED) is 0.788. The van der Waals surface area contributed by atoms with Gasteiger partial charge in [0, 0.05) is 0 Å². The van der Waals surface area contributed by atoms with Crippen molar-refractivity contribution in [1.29, 1.82) is 0 Å². The summed E-state index contributed by atoms with van der Waals surface area (Å²) in [5, 5.41) is 0.417. The van der Waals surface area contributed by atoms with Gasteiger partial charge in [-0.1, -0.05) is 35.9 Å². The van der Waals surface area contributed by atoms with Crippen LogP contribution in [0.5, 0.6) is 5.75 Å². The molecule has 0 spiro atoms. The molecule has 4 rings (SSSR count). The summed E-state index contributed by atoms with van der Waals surface area (Å²) >= 11 is 6.21. The van der Waals surface area contributed by atoms with Crippen molar-refractivity contribution in [3.63, 3.8) is 0 Å². The standard InChI is InChI=1S/C21H22ClN3O3/c1-28-19-9-5-4-8-17(19)23-10-12-24(13-11-23)18-14-20(26)25(21(18)27)16-7-3-2-6-15(16)22/h2-9,18H,10-14H2,1H3/p+1/t18-/m0/s1. The second kappa shape index (κ2) is 7.81. The van der Waals surface area contributed by atoms with Crippen molar-refractivity contribution < 1.29 is 19.2 Å². The number of carbonyl (C=O) groups excluding carboxylic acids is 2. The Morgan fingerprint density at radius 1 is 1.00 bits per heavy atom. The van der Waals surface area contributed by atoms with Gasteiger partial charge in [-0.2, -0.15) is 0 Å². The number of amides is 2. The number of quaternary nitrogens is 1. The molecule has 7 heteroatoms. The maximum absolute atomic E-state index is 13.0. The van der Waals surface area contributed by atoms with E-state index in [1.807, 2.05) is 24.3 Å². The first kappa shape index (κ1) is 18.8. The van der Waals surface area contributed by atoms with Crippen LogP contribution < -0.4 is 19.4 Å². The highest BCUT2D eigenvalue weighted by Gasteiger charge is 2.47. The normalized spacial score (nSPS) is 20.7. The number of piperazine rings is 1. The number of anilines is 2. The van der Waals surface area contributed by atoms with E-state index in [2.05, 4.69) is 4.90 Å². The molecule has 0 aliphatic carbocycles. The SMILES string of the molecule is COc1ccccc1N1CC[NH+]([C@H]2CC(=O)N(c3ccccc3Cl)C2=O)CC1. The highest BCUT2D eigenvalue weighted by Crippen LogP contribution is 2.30. The molecule has 146 valence electrons. The highest BCUT2D eigenvalue weighted by atomic mass is 35.5. The summed E-state index contributed by atoms with van der Waals surface area (Å²) < 4.78 is 5.46. The minimum absolute atomic E-state index is 0.154. The largest absolute Gasteiger partial charge is 0.495 e. The fourth-order valence-corrected chi connectivity index (χ4v) is 4.33. The third-order valence-corrected chi connectivity index (χ3v) is 5.88. The van der Waals surface area contributed by atoms with Gasteiger partial charge in [0.15, 0.2) is 6.04 Å². The van der Waals surface area contributed by atoms with Crippen LogP contribution in [-0.2, 0) is 9.59 Å². The van der Waals surface area contributed by atoms with Gasteiger partial charge in [-0.15, -0.1) is 0 Å². The summed E-state index contributed by atoms with van der Waals surface area (Å²) in [6.07, 6.45) is 0.230. The van der Waals surface area contributed by atoms with E-state index in [1.165, 1.54) is 4.90 Å². The third-order valence-electron chi connectivity index (χ3n) is 5.56. The van der Waals surface area contributed by atoms with E-state index in [9.17, 15) is 9.59 Å². The molecule has 2 amide bonds. The number of para-hydroxylation sites is 3. The van der Waals surface area contributed by atoms with E-state index in [0.717, 1.165) is 42.5 Å². The highest BCUT2D eigenvalue weighted by molar-refractivity contribution is 6.36. The summed E-state index contributed by atoms with van der Waals surface area (Å²) in [4.78, 5) is 30.3. The monoisotopic (exact) mass is 400 g/mol. The molecule has 6 nitrogen and oxygen atoms in total. The lowest BCUT2D eigenvalue weighted by Gasteiger charge is -2.36. The Bertz CT molecular complexity index is 896.